The Morgan fingerprint density at radius 1 is 1.50 bits per heavy atom. The molecule has 0 saturated heterocycles. The quantitative estimate of drug-likeness (QED) is 0.759. The van der Waals surface area contributed by atoms with E-state index in [2.05, 4.69) is 17.1 Å². The summed E-state index contributed by atoms with van der Waals surface area (Å²) in [5, 5.41) is 10.7. The highest BCUT2D eigenvalue weighted by molar-refractivity contribution is 7.12. The van der Waals surface area contributed by atoms with E-state index in [-0.39, 0.29) is 0 Å². The molecule has 2 rings (SSSR count). The minimum Gasteiger partial charge on any atom is -0.477 e. The molecule has 0 amide bonds. The van der Waals surface area contributed by atoms with Crippen LogP contribution in [0.15, 0.2) is 23.6 Å². The lowest BCUT2D eigenvalue weighted by atomic mass is 10.2. The Kier molecular flexibility index (Phi) is 2.54. The van der Waals surface area contributed by atoms with Crippen molar-refractivity contribution in [3.63, 3.8) is 0 Å². The highest BCUT2D eigenvalue weighted by Crippen LogP contribution is 2.24. The van der Waals surface area contributed by atoms with Crippen LogP contribution in [0, 0.1) is 0 Å². The van der Waals surface area contributed by atoms with Crippen molar-refractivity contribution in [2.45, 2.75) is 6.42 Å². The van der Waals surface area contributed by atoms with Gasteiger partial charge in [-0.25, -0.2) is 4.79 Å². The van der Waals surface area contributed by atoms with Gasteiger partial charge in [-0.05, 0) is 12.5 Å². The molecule has 0 aromatic carbocycles. The minimum absolute atomic E-state index is 0.412. The van der Waals surface area contributed by atoms with Crippen molar-refractivity contribution >= 4 is 23.0 Å². The van der Waals surface area contributed by atoms with Crippen LogP contribution >= 0.6 is 11.3 Å². The summed E-state index contributed by atoms with van der Waals surface area (Å²) in [4.78, 5) is 13.3. The third kappa shape index (κ3) is 1.80. The third-order valence-electron chi connectivity index (χ3n) is 2.22. The Morgan fingerprint density at radius 2 is 2.36 bits per heavy atom. The fourth-order valence-electron chi connectivity index (χ4n) is 1.48. The molecule has 0 fully saturated rings. The molecule has 0 atom stereocenters. The van der Waals surface area contributed by atoms with Gasteiger partial charge in [-0.3, -0.25) is 0 Å². The van der Waals surface area contributed by atoms with E-state index in [1.54, 1.807) is 6.07 Å². The summed E-state index contributed by atoms with van der Waals surface area (Å²) in [6, 6.07) is 1.74. The van der Waals surface area contributed by atoms with E-state index in [1.165, 1.54) is 11.3 Å². The molecule has 1 aromatic heterocycles. The van der Waals surface area contributed by atoms with Crippen molar-refractivity contribution < 1.29 is 9.90 Å². The van der Waals surface area contributed by atoms with Gasteiger partial charge in [0, 0.05) is 24.2 Å². The molecule has 1 N–H and O–H groups in total. The second-order valence-electron chi connectivity index (χ2n) is 3.18. The molecule has 14 heavy (non-hydrogen) atoms. The maximum Gasteiger partial charge on any atom is 0.345 e. The van der Waals surface area contributed by atoms with E-state index in [9.17, 15) is 4.79 Å². The van der Waals surface area contributed by atoms with Gasteiger partial charge in [0.25, 0.3) is 0 Å². The monoisotopic (exact) mass is 209 g/mol. The summed E-state index contributed by atoms with van der Waals surface area (Å²) in [6.07, 6.45) is 5.31. The zero-order valence-corrected chi connectivity index (χ0v) is 8.46. The Bertz CT molecular complexity index is 370. The summed E-state index contributed by atoms with van der Waals surface area (Å²) in [7, 11) is 0. The number of nitrogens with zero attached hydrogens (tertiary/aromatic N) is 1. The maximum atomic E-state index is 10.7. The average molecular weight is 209 g/mol. The molecule has 74 valence electrons. The average Bonchev–Trinajstić information content (AvgIpc) is 2.68. The fourth-order valence-corrected chi connectivity index (χ4v) is 2.23. The highest BCUT2D eigenvalue weighted by Gasteiger charge is 2.12. The molecule has 0 unspecified atom stereocenters. The molecule has 0 saturated carbocycles. The first kappa shape index (κ1) is 9.27. The lowest BCUT2D eigenvalue weighted by Crippen LogP contribution is -2.26. The molecule has 0 bridgehead atoms. The fraction of sp³-hybridized carbons (Fsp3) is 0.300. The number of carbonyl (C=O) groups is 1. The van der Waals surface area contributed by atoms with Crippen LogP contribution in [0.25, 0.3) is 0 Å². The highest BCUT2D eigenvalue weighted by atomic mass is 32.1. The Labute approximate surface area is 86.3 Å². The molecular weight excluding hydrogens is 198 g/mol. The van der Waals surface area contributed by atoms with Crippen molar-refractivity contribution in [2.75, 3.05) is 18.0 Å². The molecule has 1 aromatic rings. The number of anilines is 1. The van der Waals surface area contributed by atoms with Crippen molar-refractivity contribution in [2.24, 2.45) is 0 Å². The van der Waals surface area contributed by atoms with E-state index in [1.807, 2.05) is 5.38 Å². The van der Waals surface area contributed by atoms with Gasteiger partial charge in [-0.2, -0.15) is 0 Å². The van der Waals surface area contributed by atoms with Crippen LogP contribution in [-0.2, 0) is 0 Å². The Balaban J connectivity index is 2.16. The number of hydrogen-bond donors (Lipinski definition) is 1. The predicted molar refractivity (Wildman–Crippen MR) is 57.2 cm³/mol. The minimum atomic E-state index is -0.839. The van der Waals surface area contributed by atoms with Gasteiger partial charge in [-0.15, -0.1) is 11.3 Å². The number of thiophene rings is 1. The normalized spacial score (nSPS) is 15.9. The van der Waals surface area contributed by atoms with Gasteiger partial charge < -0.3 is 10.0 Å². The number of hydrogen-bond acceptors (Lipinski definition) is 3. The van der Waals surface area contributed by atoms with Crippen LogP contribution in [0.3, 0.4) is 0 Å². The van der Waals surface area contributed by atoms with Crippen molar-refractivity contribution in [1.29, 1.82) is 0 Å². The van der Waals surface area contributed by atoms with Crippen LogP contribution in [0.1, 0.15) is 16.1 Å². The zero-order valence-electron chi connectivity index (χ0n) is 7.64. The summed E-state index contributed by atoms with van der Waals surface area (Å²) in [6.45, 7) is 1.86. The molecule has 1 aliphatic rings. The lowest BCUT2D eigenvalue weighted by molar-refractivity contribution is 0.0702. The largest absolute Gasteiger partial charge is 0.477 e. The smallest absolute Gasteiger partial charge is 0.345 e. The Hall–Kier alpha value is -1.29. The second kappa shape index (κ2) is 3.84. The van der Waals surface area contributed by atoms with Gasteiger partial charge in [0.2, 0.25) is 0 Å². The van der Waals surface area contributed by atoms with Crippen molar-refractivity contribution in [3.05, 3.63) is 28.5 Å². The number of aromatic carboxylic acids is 1. The summed E-state index contributed by atoms with van der Waals surface area (Å²) < 4.78 is 0. The second-order valence-corrected chi connectivity index (χ2v) is 4.09. The van der Waals surface area contributed by atoms with Gasteiger partial charge >= 0.3 is 5.97 Å². The first-order valence-corrected chi connectivity index (χ1v) is 5.37. The van der Waals surface area contributed by atoms with E-state index >= 15 is 0 Å². The molecule has 3 nitrogen and oxygen atoms in total. The topological polar surface area (TPSA) is 40.5 Å². The number of carboxylic acid groups (broad SMARTS) is 1. The van der Waals surface area contributed by atoms with E-state index in [0.717, 1.165) is 25.2 Å². The lowest BCUT2D eigenvalue weighted by Gasteiger charge is -2.23. The van der Waals surface area contributed by atoms with Crippen LogP contribution in [0.4, 0.5) is 5.69 Å². The van der Waals surface area contributed by atoms with Gasteiger partial charge in [0.05, 0.1) is 0 Å². The first-order valence-electron chi connectivity index (χ1n) is 4.49. The Morgan fingerprint density at radius 3 is 2.93 bits per heavy atom. The first-order chi connectivity index (χ1) is 6.77. The van der Waals surface area contributed by atoms with E-state index in [0.29, 0.717) is 4.88 Å². The van der Waals surface area contributed by atoms with Crippen molar-refractivity contribution in [3.8, 4) is 0 Å². The molecule has 1 aliphatic heterocycles. The summed E-state index contributed by atoms with van der Waals surface area (Å²) in [5.41, 5.74) is 1.02. The number of carboxylic acids is 1. The summed E-state index contributed by atoms with van der Waals surface area (Å²) in [5.74, 6) is -0.839. The number of rotatable bonds is 2. The predicted octanol–water partition coefficient (Wildman–Crippen LogP) is 2.21. The molecule has 0 aliphatic carbocycles. The molecular formula is C10H11NO2S. The SMILES string of the molecule is O=C(O)c1cc(N2CC=CCC2)cs1. The zero-order chi connectivity index (χ0) is 9.97. The van der Waals surface area contributed by atoms with Crippen LogP contribution in [0.5, 0.6) is 0 Å². The van der Waals surface area contributed by atoms with E-state index < -0.39 is 5.97 Å². The van der Waals surface area contributed by atoms with Gasteiger partial charge in [0.1, 0.15) is 4.88 Å². The van der Waals surface area contributed by atoms with Crippen LogP contribution in [-0.4, -0.2) is 24.2 Å². The third-order valence-corrected chi connectivity index (χ3v) is 3.13. The van der Waals surface area contributed by atoms with Crippen LogP contribution in [0.2, 0.25) is 0 Å². The standard InChI is InChI=1S/C10H11NO2S/c12-10(13)9-6-8(7-14-9)11-4-2-1-3-5-11/h1-2,6-7H,3-5H2,(H,12,13). The molecule has 2 heterocycles. The maximum absolute atomic E-state index is 10.7. The molecule has 4 heteroatoms. The van der Waals surface area contributed by atoms with Gasteiger partial charge in [0.15, 0.2) is 0 Å². The summed E-state index contributed by atoms with van der Waals surface area (Å²) >= 11 is 1.29. The van der Waals surface area contributed by atoms with E-state index in [4.69, 9.17) is 5.11 Å². The van der Waals surface area contributed by atoms with Crippen LogP contribution < -0.4 is 4.90 Å². The molecule has 0 radical (unpaired) electrons. The van der Waals surface area contributed by atoms with Crippen molar-refractivity contribution in [1.82, 2.24) is 0 Å². The molecule has 0 spiro atoms. The van der Waals surface area contributed by atoms with Gasteiger partial charge in [-0.1, -0.05) is 12.2 Å².